The second kappa shape index (κ2) is 8.68. The molecule has 1 aliphatic heterocycles. The average molecular weight is 419 g/mol. The third kappa shape index (κ3) is 3.97. The number of carbonyl (C=O) groups excluding carboxylic acids is 1. The van der Waals surface area contributed by atoms with Gasteiger partial charge in [-0.1, -0.05) is 12.1 Å². The van der Waals surface area contributed by atoms with Gasteiger partial charge in [0.1, 0.15) is 16.6 Å². The number of rotatable bonds is 6. The minimum atomic E-state index is -0.424. The number of anilines is 1. The van der Waals surface area contributed by atoms with E-state index in [4.69, 9.17) is 14.2 Å². The largest absolute Gasteiger partial charge is 0.462 e. The maximum Gasteiger partial charge on any atom is 0.340 e. The molecule has 0 atom stereocenters. The van der Waals surface area contributed by atoms with Crippen molar-refractivity contribution >= 4 is 28.6 Å². The molecule has 0 fully saturated rings. The van der Waals surface area contributed by atoms with Crippen molar-refractivity contribution in [3.8, 4) is 28.8 Å². The summed E-state index contributed by atoms with van der Waals surface area (Å²) in [6, 6.07) is 14.7. The van der Waals surface area contributed by atoms with Crippen LogP contribution in [0.4, 0.5) is 5.69 Å². The topological polar surface area (TPSA) is 93.5 Å². The van der Waals surface area contributed by atoms with Crippen molar-refractivity contribution in [2.24, 2.45) is 0 Å². The Morgan fingerprint density at radius 3 is 2.97 bits per heavy atom. The summed E-state index contributed by atoms with van der Waals surface area (Å²) >= 11 is 1.36. The van der Waals surface area contributed by atoms with Crippen LogP contribution in [-0.2, 0) is 4.74 Å². The van der Waals surface area contributed by atoms with Gasteiger partial charge in [-0.05, 0) is 37.3 Å². The first-order valence-electron chi connectivity index (χ1n) is 9.18. The number of nitrogens with one attached hydrogen (secondary N) is 1. The molecule has 0 spiro atoms. The zero-order chi connectivity index (χ0) is 20.9. The van der Waals surface area contributed by atoms with E-state index in [0.717, 1.165) is 11.3 Å². The SMILES string of the molecule is CCOC(=O)c1ccccc1N/C=C(/C#N)c1nc(-c2ccc3c(c2)OCO3)cs1. The normalized spacial score (nSPS) is 12.3. The Bertz CT molecular complexity index is 1160. The Morgan fingerprint density at radius 2 is 2.13 bits per heavy atom. The molecule has 30 heavy (non-hydrogen) atoms. The number of aromatic nitrogens is 1. The lowest BCUT2D eigenvalue weighted by atomic mass is 10.1. The zero-order valence-electron chi connectivity index (χ0n) is 16.0. The van der Waals surface area contributed by atoms with E-state index in [-0.39, 0.29) is 13.4 Å². The minimum Gasteiger partial charge on any atom is -0.462 e. The molecule has 3 aromatic rings. The molecular formula is C22H17N3O4S. The first-order valence-corrected chi connectivity index (χ1v) is 10.1. The van der Waals surface area contributed by atoms with E-state index in [1.807, 2.05) is 23.6 Å². The highest BCUT2D eigenvalue weighted by atomic mass is 32.1. The quantitative estimate of drug-likeness (QED) is 0.457. The molecular weight excluding hydrogens is 402 g/mol. The van der Waals surface area contributed by atoms with Gasteiger partial charge in [-0.25, -0.2) is 9.78 Å². The number of nitrogens with zero attached hydrogens (tertiary/aromatic N) is 2. The second-order valence-electron chi connectivity index (χ2n) is 6.19. The number of para-hydroxylation sites is 1. The van der Waals surface area contributed by atoms with Crippen molar-refractivity contribution in [2.75, 3.05) is 18.7 Å². The summed E-state index contributed by atoms with van der Waals surface area (Å²) in [7, 11) is 0. The Hall–Kier alpha value is -3.83. The Morgan fingerprint density at radius 1 is 1.30 bits per heavy atom. The molecule has 1 aliphatic rings. The van der Waals surface area contributed by atoms with Gasteiger partial charge in [0.25, 0.3) is 0 Å². The Labute approximate surface area is 177 Å². The fourth-order valence-electron chi connectivity index (χ4n) is 2.87. The van der Waals surface area contributed by atoms with Gasteiger partial charge in [0.2, 0.25) is 6.79 Å². The van der Waals surface area contributed by atoms with Crippen molar-refractivity contribution < 1.29 is 19.0 Å². The molecule has 0 amide bonds. The highest BCUT2D eigenvalue weighted by molar-refractivity contribution is 7.11. The van der Waals surface area contributed by atoms with E-state index in [1.165, 1.54) is 11.3 Å². The Balaban J connectivity index is 1.57. The number of nitriles is 1. The number of ether oxygens (including phenoxy) is 3. The van der Waals surface area contributed by atoms with Gasteiger partial charge in [-0.2, -0.15) is 5.26 Å². The van der Waals surface area contributed by atoms with Gasteiger partial charge in [0, 0.05) is 17.1 Å². The summed E-state index contributed by atoms with van der Waals surface area (Å²) in [6.07, 6.45) is 1.54. The fourth-order valence-corrected chi connectivity index (χ4v) is 3.67. The van der Waals surface area contributed by atoms with Gasteiger partial charge in [0.15, 0.2) is 11.5 Å². The molecule has 0 aliphatic carbocycles. The molecule has 4 rings (SSSR count). The first-order chi connectivity index (χ1) is 14.7. The van der Waals surface area contributed by atoms with Crippen molar-refractivity contribution in [3.05, 3.63) is 64.6 Å². The summed E-state index contributed by atoms with van der Waals surface area (Å²) in [5.74, 6) is 0.957. The first kappa shape index (κ1) is 19.5. The molecule has 8 heteroatoms. The number of thiazole rings is 1. The summed E-state index contributed by atoms with van der Waals surface area (Å²) in [5.41, 5.74) is 2.91. The zero-order valence-corrected chi connectivity index (χ0v) is 16.9. The van der Waals surface area contributed by atoms with E-state index in [0.29, 0.717) is 33.3 Å². The Kier molecular flexibility index (Phi) is 5.63. The van der Waals surface area contributed by atoms with Crippen LogP contribution in [0.3, 0.4) is 0 Å². The smallest absolute Gasteiger partial charge is 0.340 e. The molecule has 1 aromatic heterocycles. The maximum absolute atomic E-state index is 12.1. The van der Waals surface area contributed by atoms with Gasteiger partial charge in [-0.15, -0.1) is 11.3 Å². The van der Waals surface area contributed by atoms with Crippen molar-refractivity contribution in [2.45, 2.75) is 6.92 Å². The predicted octanol–water partition coefficient (Wildman–Crippen LogP) is 4.69. The number of esters is 1. The van der Waals surface area contributed by atoms with Crippen molar-refractivity contribution in [3.63, 3.8) is 0 Å². The third-order valence-corrected chi connectivity index (χ3v) is 5.19. The summed E-state index contributed by atoms with van der Waals surface area (Å²) < 4.78 is 15.8. The number of benzene rings is 2. The van der Waals surface area contributed by atoms with Crippen LogP contribution in [0.1, 0.15) is 22.3 Å². The van der Waals surface area contributed by atoms with Crippen LogP contribution in [0.25, 0.3) is 16.8 Å². The molecule has 0 unspecified atom stereocenters. The van der Waals surface area contributed by atoms with E-state index in [9.17, 15) is 10.1 Å². The van der Waals surface area contributed by atoms with E-state index >= 15 is 0 Å². The summed E-state index contributed by atoms with van der Waals surface area (Å²) in [6.45, 7) is 2.25. The lowest BCUT2D eigenvalue weighted by Crippen LogP contribution is -2.07. The molecule has 0 radical (unpaired) electrons. The number of allylic oxidation sites excluding steroid dienone is 1. The monoisotopic (exact) mass is 419 g/mol. The van der Waals surface area contributed by atoms with Crippen LogP contribution >= 0.6 is 11.3 Å². The lowest BCUT2D eigenvalue weighted by molar-refractivity contribution is 0.0527. The van der Waals surface area contributed by atoms with E-state index in [1.54, 1.807) is 37.4 Å². The molecule has 0 saturated heterocycles. The lowest BCUT2D eigenvalue weighted by Gasteiger charge is -2.08. The molecule has 150 valence electrons. The van der Waals surface area contributed by atoms with Crippen molar-refractivity contribution in [1.82, 2.24) is 4.98 Å². The van der Waals surface area contributed by atoms with Gasteiger partial charge >= 0.3 is 5.97 Å². The van der Waals surface area contributed by atoms with Crippen LogP contribution in [0.5, 0.6) is 11.5 Å². The van der Waals surface area contributed by atoms with Gasteiger partial charge in [-0.3, -0.25) is 0 Å². The fraction of sp³-hybridized carbons (Fsp3) is 0.136. The van der Waals surface area contributed by atoms with Crippen LogP contribution < -0.4 is 14.8 Å². The number of hydrogen-bond donors (Lipinski definition) is 1. The van der Waals surface area contributed by atoms with Crippen LogP contribution in [0.15, 0.2) is 54.0 Å². The minimum absolute atomic E-state index is 0.210. The molecule has 2 heterocycles. The highest BCUT2D eigenvalue weighted by Crippen LogP contribution is 2.36. The number of hydrogen-bond acceptors (Lipinski definition) is 8. The average Bonchev–Trinajstić information content (AvgIpc) is 3.44. The molecule has 0 bridgehead atoms. The standard InChI is InChI=1S/C22H17N3O4S/c1-2-27-22(26)16-5-3-4-6-17(16)24-11-15(10-23)21-25-18(12-30-21)14-7-8-19-20(9-14)29-13-28-19/h3-9,11-12,24H,2,13H2,1H3/b15-11-. The predicted molar refractivity (Wildman–Crippen MR) is 113 cm³/mol. The van der Waals surface area contributed by atoms with Crippen molar-refractivity contribution in [1.29, 1.82) is 5.26 Å². The summed E-state index contributed by atoms with van der Waals surface area (Å²) in [4.78, 5) is 16.7. The van der Waals surface area contributed by atoms with Crippen LogP contribution in [0, 0.1) is 11.3 Å². The van der Waals surface area contributed by atoms with Gasteiger partial charge < -0.3 is 19.5 Å². The molecule has 0 saturated carbocycles. The highest BCUT2D eigenvalue weighted by Gasteiger charge is 2.16. The molecule has 2 aromatic carbocycles. The van der Waals surface area contributed by atoms with E-state index < -0.39 is 5.97 Å². The number of carbonyl (C=O) groups is 1. The molecule has 7 nitrogen and oxygen atoms in total. The van der Waals surface area contributed by atoms with E-state index in [2.05, 4.69) is 16.4 Å². The summed E-state index contributed by atoms with van der Waals surface area (Å²) in [5, 5.41) is 15.1. The third-order valence-electron chi connectivity index (χ3n) is 4.32. The van der Waals surface area contributed by atoms with Crippen LogP contribution in [0.2, 0.25) is 0 Å². The number of fused-ring (bicyclic) bond motifs is 1. The maximum atomic E-state index is 12.1. The molecule has 1 N–H and O–H groups in total. The van der Waals surface area contributed by atoms with Crippen LogP contribution in [-0.4, -0.2) is 24.4 Å². The second-order valence-corrected chi connectivity index (χ2v) is 7.04. The van der Waals surface area contributed by atoms with Gasteiger partial charge in [0.05, 0.1) is 23.6 Å².